The molecular weight excluding hydrogens is 350 g/mol. The minimum absolute atomic E-state index is 0.139. The molecule has 0 saturated carbocycles. The summed E-state index contributed by atoms with van der Waals surface area (Å²) in [6.45, 7) is 11.8. The van der Waals surface area contributed by atoms with Gasteiger partial charge < -0.3 is 15.5 Å². The number of aromatic nitrogens is 2. The molecule has 1 fully saturated rings. The quantitative estimate of drug-likeness (QED) is 0.782. The number of anilines is 1. The van der Waals surface area contributed by atoms with Gasteiger partial charge in [-0.15, -0.1) is 0 Å². The summed E-state index contributed by atoms with van der Waals surface area (Å²) >= 11 is 0. The molecule has 0 radical (unpaired) electrons. The van der Waals surface area contributed by atoms with Gasteiger partial charge in [-0.2, -0.15) is 5.10 Å². The van der Waals surface area contributed by atoms with E-state index >= 15 is 0 Å². The zero-order chi connectivity index (χ0) is 20.1. The number of carbonyl (C=O) groups is 1. The topological polar surface area (TPSA) is 62.2 Å². The van der Waals surface area contributed by atoms with Gasteiger partial charge in [0.1, 0.15) is 0 Å². The van der Waals surface area contributed by atoms with Crippen molar-refractivity contribution >= 4 is 11.7 Å². The van der Waals surface area contributed by atoms with Crippen molar-refractivity contribution in [1.29, 1.82) is 0 Å². The summed E-state index contributed by atoms with van der Waals surface area (Å²) in [5.41, 5.74) is 3.99. The number of amides is 2. The smallest absolute Gasteiger partial charge is 0.319 e. The number of hydrogen-bond acceptors (Lipinski definition) is 3. The first-order valence-electron chi connectivity index (χ1n) is 10.4. The van der Waals surface area contributed by atoms with Gasteiger partial charge in [0.05, 0.1) is 23.3 Å². The van der Waals surface area contributed by atoms with E-state index in [1.165, 1.54) is 6.42 Å². The van der Waals surface area contributed by atoms with Crippen LogP contribution in [0.2, 0.25) is 0 Å². The Morgan fingerprint density at radius 3 is 2.61 bits per heavy atom. The minimum Gasteiger partial charge on any atom is -0.335 e. The number of nitrogens with one attached hydrogen (secondary N) is 2. The number of aryl methyl sites for hydroxylation is 1. The number of hydrogen-bond donors (Lipinski definition) is 2. The molecule has 0 aliphatic carbocycles. The fraction of sp³-hybridized carbons (Fsp3) is 0.545. The van der Waals surface area contributed by atoms with Crippen LogP contribution in [0.4, 0.5) is 10.5 Å². The van der Waals surface area contributed by atoms with Crippen LogP contribution in [0.3, 0.4) is 0 Å². The molecule has 3 rings (SSSR count). The van der Waals surface area contributed by atoms with Crippen LogP contribution in [0.25, 0.3) is 5.69 Å². The number of benzene rings is 1. The van der Waals surface area contributed by atoms with E-state index < -0.39 is 0 Å². The van der Waals surface area contributed by atoms with Crippen LogP contribution in [0.5, 0.6) is 0 Å². The molecule has 0 atom stereocenters. The maximum atomic E-state index is 12.6. The summed E-state index contributed by atoms with van der Waals surface area (Å²) in [5.74, 6) is 0.231. The number of likely N-dealkylation sites (tertiary alicyclic amines) is 1. The number of rotatable bonds is 6. The van der Waals surface area contributed by atoms with Crippen LogP contribution in [0.1, 0.15) is 57.2 Å². The fourth-order valence-corrected chi connectivity index (χ4v) is 3.96. The second-order valence-corrected chi connectivity index (χ2v) is 8.01. The van der Waals surface area contributed by atoms with Crippen molar-refractivity contribution < 1.29 is 4.79 Å². The van der Waals surface area contributed by atoms with Crippen molar-refractivity contribution in [1.82, 2.24) is 20.0 Å². The minimum atomic E-state index is -0.139. The Bertz CT molecular complexity index is 790. The van der Waals surface area contributed by atoms with Crippen molar-refractivity contribution in [3.05, 3.63) is 41.7 Å². The van der Waals surface area contributed by atoms with Crippen molar-refractivity contribution in [3.8, 4) is 5.69 Å². The molecule has 1 aromatic heterocycles. The molecule has 6 nitrogen and oxygen atoms in total. The largest absolute Gasteiger partial charge is 0.335 e. The van der Waals surface area contributed by atoms with Crippen LogP contribution in [0.15, 0.2) is 30.5 Å². The lowest BCUT2D eigenvalue weighted by Gasteiger charge is -2.32. The molecular formula is C22H33N5O. The molecule has 1 saturated heterocycles. The Labute approximate surface area is 168 Å². The number of para-hydroxylation sites is 1. The molecule has 6 heteroatoms. The monoisotopic (exact) mass is 383 g/mol. The maximum absolute atomic E-state index is 12.6. The molecule has 2 N–H and O–H groups in total. The molecule has 1 aliphatic heterocycles. The van der Waals surface area contributed by atoms with Crippen LogP contribution in [-0.2, 0) is 0 Å². The molecule has 1 aliphatic rings. The van der Waals surface area contributed by atoms with Gasteiger partial charge in [0.25, 0.3) is 0 Å². The lowest BCUT2D eigenvalue weighted by atomic mass is 10.1. The average Bonchev–Trinajstić information content (AvgIpc) is 3.07. The van der Waals surface area contributed by atoms with E-state index in [0.29, 0.717) is 0 Å². The highest BCUT2D eigenvalue weighted by atomic mass is 16.2. The Morgan fingerprint density at radius 1 is 1.25 bits per heavy atom. The summed E-state index contributed by atoms with van der Waals surface area (Å²) in [6.07, 6.45) is 4.95. The lowest BCUT2D eigenvalue weighted by molar-refractivity contribution is 0.196. The zero-order valence-corrected chi connectivity index (χ0v) is 17.5. The molecule has 0 bridgehead atoms. The molecule has 0 spiro atoms. The molecule has 28 heavy (non-hydrogen) atoms. The normalized spacial score (nSPS) is 15.8. The lowest BCUT2D eigenvalue weighted by Crippen LogP contribution is -2.46. The fourth-order valence-electron chi connectivity index (χ4n) is 3.96. The van der Waals surface area contributed by atoms with Gasteiger partial charge in [-0.25, -0.2) is 9.48 Å². The summed E-state index contributed by atoms with van der Waals surface area (Å²) in [5, 5.41) is 10.7. The van der Waals surface area contributed by atoms with E-state index in [9.17, 15) is 4.79 Å². The van der Waals surface area contributed by atoms with E-state index in [2.05, 4.69) is 60.5 Å². The van der Waals surface area contributed by atoms with Crippen LogP contribution in [-0.4, -0.2) is 46.4 Å². The first-order chi connectivity index (χ1) is 13.5. The summed E-state index contributed by atoms with van der Waals surface area (Å²) < 4.78 is 1.94. The Morgan fingerprint density at radius 2 is 1.96 bits per heavy atom. The van der Waals surface area contributed by atoms with Crippen molar-refractivity contribution in [2.45, 2.75) is 58.9 Å². The molecule has 2 amide bonds. The van der Waals surface area contributed by atoms with Crippen LogP contribution < -0.4 is 10.6 Å². The van der Waals surface area contributed by atoms with E-state index in [1.807, 2.05) is 16.8 Å². The van der Waals surface area contributed by atoms with E-state index in [4.69, 9.17) is 0 Å². The van der Waals surface area contributed by atoms with Gasteiger partial charge in [-0.05, 0) is 50.3 Å². The number of carbonyl (C=O) groups excluding carboxylic acids is 1. The van der Waals surface area contributed by atoms with Gasteiger partial charge in [0.15, 0.2) is 0 Å². The van der Waals surface area contributed by atoms with E-state index in [1.54, 1.807) is 6.20 Å². The molecule has 0 unspecified atom stereocenters. The van der Waals surface area contributed by atoms with Gasteiger partial charge in [-0.1, -0.05) is 39.0 Å². The molecule has 1 aromatic carbocycles. The predicted molar refractivity (Wildman–Crippen MR) is 114 cm³/mol. The van der Waals surface area contributed by atoms with Gasteiger partial charge in [-0.3, -0.25) is 0 Å². The highest BCUT2D eigenvalue weighted by Crippen LogP contribution is 2.28. The second kappa shape index (κ2) is 9.24. The van der Waals surface area contributed by atoms with Crippen molar-refractivity contribution in [2.24, 2.45) is 0 Å². The van der Waals surface area contributed by atoms with E-state index in [-0.39, 0.29) is 18.0 Å². The van der Waals surface area contributed by atoms with Crippen molar-refractivity contribution in [2.75, 3.05) is 25.0 Å². The molecule has 152 valence electrons. The molecule has 2 aromatic rings. The third-order valence-electron chi connectivity index (χ3n) is 5.41. The second-order valence-electron chi connectivity index (χ2n) is 8.01. The maximum Gasteiger partial charge on any atom is 0.319 e. The first kappa shape index (κ1) is 20.4. The number of piperidine rings is 1. The van der Waals surface area contributed by atoms with Gasteiger partial charge in [0, 0.05) is 19.1 Å². The highest BCUT2D eigenvalue weighted by molar-refractivity contribution is 5.90. The van der Waals surface area contributed by atoms with E-state index in [0.717, 1.165) is 55.1 Å². The SMILES string of the molecule is CCCN1CCC(NC(=O)Nc2cnn(-c3ccccc3C)c2C(C)C)CC1. The number of urea groups is 1. The Kier molecular flexibility index (Phi) is 6.73. The predicted octanol–water partition coefficient (Wildman–Crippen LogP) is 4.30. The Balaban J connectivity index is 1.68. The standard InChI is InChI=1S/C22H33N5O/c1-5-12-26-13-10-18(11-14-26)24-22(28)25-19-15-23-27(21(19)16(2)3)20-9-7-6-8-17(20)4/h6-9,15-16,18H,5,10-14H2,1-4H3,(H2,24,25,28). The van der Waals surface area contributed by atoms with Crippen LogP contribution in [0, 0.1) is 6.92 Å². The average molecular weight is 384 g/mol. The van der Waals surface area contributed by atoms with Crippen LogP contribution >= 0.6 is 0 Å². The first-order valence-corrected chi connectivity index (χ1v) is 10.4. The summed E-state index contributed by atoms with van der Waals surface area (Å²) in [4.78, 5) is 15.1. The third kappa shape index (κ3) is 4.73. The summed E-state index contributed by atoms with van der Waals surface area (Å²) in [6, 6.07) is 8.27. The Hall–Kier alpha value is -2.34. The summed E-state index contributed by atoms with van der Waals surface area (Å²) in [7, 11) is 0. The van der Waals surface area contributed by atoms with Crippen molar-refractivity contribution in [3.63, 3.8) is 0 Å². The van der Waals surface area contributed by atoms with Gasteiger partial charge in [0.2, 0.25) is 0 Å². The highest BCUT2D eigenvalue weighted by Gasteiger charge is 2.22. The van der Waals surface area contributed by atoms with Gasteiger partial charge >= 0.3 is 6.03 Å². The molecule has 2 heterocycles. The number of nitrogens with zero attached hydrogens (tertiary/aromatic N) is 3. The zero-order valence-electron chi connectivity index (χ0n) is 17.5. The third-order valence-corrected chi connectivity index (χ3v) is 5.41.